The molecule has 0 saturated carbocycles. The first-order valence-corrected chi connectivity index (χ1v) is 10.4. The maximum atomic E-state index is 12.8. The predicted octanol–water partition coefficient (Wildman–Crippen LogP) is 4.40. The number of para-hydroxylation sites is 1. The van der Waals surface area contributed by atoms with Crippen LogP contribution in [0.1, 0.15) is 34.0 Å². The Morgan fingerprint density at radius 1 is 1.03 bits per heavy atom. The van der Waals surface area contributed by atoms with Crippen LogP contribution in [0.4, 0.5) is 5.82 Å². The molecular weight excluding hydrogens is 404 g/mol. The van der Waals surface area contributed by atoms with Gasteiger partial charge in [-0.3, -0.25) is 4.79 Å². The number of carbonyl (C=O) groups excluding carboxylic acids is 2. The number of amides is 1. The zero-order valence-corrected chi connectivity index (χ0v) is 18.3. The zero-order chi connectivity index (χ0) is 22.7. The Hall–Kier alpha value is -4.00. The molecule has 2 heterocycles. The van der Waals surface area contributed by atoms with Gasteiger partial charge in [0.2, 0.25) is 5.91 Å². The van der Waals surface area contributed by atoms with Gasteiger partial charge in [0, 0.05) is 5.39 Å². The van der Waals surface area contributed by atoms with Crippen molar-refractivity contribution in [2.24, 2.45) is 0 Å². The lowest BCUT2D eigenvalue weighted by Crippen LogP contribution is -2.20. The number of carbonyl (C=O) groups is 2. The highest BCUT2D eigenvalue weighted by Gasteiger charge is 2.22. The third kappa shape index (κ3) is 4.23. The van der Waals surface area contributed by atoms with Gasteiger partial charge in [-0.15, -0.1) is 0 Å². The minimum atomic E-state index is -0.553. The lowest BCUT2D eigenvalue weighted by Gasteiger charge is -2.13. The van der Waals surface area contributed by atoms with Crippen molar-refractivity contribution in [3.63, 3.8) is 0 Å². The van der Waals surface area contributed by atoms with Crippen molar-refractivity contribution in [3.8, 4) is 5.82 Å². The van der Waals surface area contributed by atoms with E-state index in [1.54, 1.807) is 6.92 Å². The monoisotopic (exact) mass is 428 g/mol. The number of fused-ring (bicyclic) bond motifs is 1. The smallest absolute Gasteiger partial charge is 0.343 e. The number of nitrogens with one attached hydrogen (secondary N) is 1. The first-order valence-electron chi connectivity index (χ1n) is 10.4. The Balaban J connectivity index is 1.77. The molecule has 7 heteroatoms. The van der Waals surface area contributed by atoms with Crippen LogP contribution in [0, 0.1) is 13.8 Å². The van der Waals surface area contributed by atoms with E-state index in [0.29, 0.717) is 5.82 Å². The molecule has 2 aromatic heterocycles. The maximum absolute atomic E-state index is 12.8. The predicted molar refractivity (Wildman–Crippen MR) is 123 cm³/mol. The second-order valence-corrected chi connectivity index (χ2v) is 7.52. The molecule has 0 aliphatic rings. The number of rotatable bonds is 6. The molecule has 162 valence electrons. The van der Waals surface area contributed by atoms with Gasteiger partial charge in [0.1, 0.15) is 5.56 Å². The topological polar surface area (TPSA) is 86.1 Å². The summed E-state index contributed by atoms with van der Waals surface area (Å²) in [6.07, 6.45) is 1.56. The molecule has 1 N–H and O–H groups in total. The largest absolute Gasteiger partial charge is 0.462 e. The molecule has 32 heavy (non-hydrogen) atoms. The summed E-state index contributed by atoms with van der Waals surface area (Å²) in [5.41, 5.74) is 3.93. The minimum Gasteiger partial charge on any atom is -0.462 e. The van der Waals surface area contributed by atoms with Crippen molar-refractivity contribution in [2.75, 3.05) is 11.9 Å². The Morgan fingerprint density at radius 2 is 1.81 bits per heavy atom. The van der Waals surface area contributed by atoms with E-state index in [0.717, 1.165) is 27.6 Å². The summed E-state index contributed by atoms with van der Waals surface area (Å²) in [4.78, 5) is 30.1. The van der Waals surface area contributed by atoms with Gasteiger partial charge < -0.3 is 10.1 Å². The van der Waals surface area contributed by atoms with E-state index in [1.165, 1.54) is 10.9 Å². The SMILES string of the molecule is CCOC(=O)c1cnn(-c2cc(C)c3cccc(C)c3n2)c1NC(=O)Cc1ccccc1. The van der Waals surface area contributed by atoms with Crippen molar-refractivity contribution in [3.05, 3.63) is 83.0 Å². The van der Waals surface area contributed by atoms with E-state index >= 15 is 0 Å². The molecule has 0 unspecified atom stereocenters. The first-order chi connectivity index (χ1) is 15.5. The molecule has 7 nitrogen and oxygen atoms in total. The summed E-state index contributed by atoms with van der Waals surface area (Å²) in [6.45, 7) is 5.94. The normalized spacial score (nSPS) is 10.8. The number of aryl methyl sites for hydroxylation is 2. The summed E-state index contributed by atoms with van der Waals surface area (Å²) < 4.78 is 6.65. The van der Waals surface area contributed by atoms with Crippen LogP contribution >= 0.6 is 0 Å². The van der Waals surface area contributed by atoms with Crippen molar-refractivity contribution in [1.82, 2.24) is 14.8 Å². The number of anilines is 1. The fourth-order valence-corrected chi connectivity index (χ4v) is 3.61. The molecule has 4 aromatic rings. The van der Waals surface area contributed by atoms with Gasteiger partial charge in [0.05, 0.1) is 24.7 Å². The van der Waals surface area contributed by atoms with Crippen LogP contribution in [0.15, 0.2) is 60.8 Å². The third-order valence-electron chi connectivity index (χ3n) is 5.18. The second-order valence-electron chi connectivity index (χ2n) is 7.52. The number of pyridine rings is 1. The third-order valence-corrected chi connectivity index (χ3v) is 5.18. The summed E-state index contributed by atoms with van der Waals surface area (Å²) in [5, 5.41) is 8.26. The molecule has 4 rings (SSSR count). The van der Waals surface area contributed by atoms with E-state index in [4.69, 9.17) is 9.72 Å². The number of hydrogen-bond donors (Lipinski definition) is 1. The van der Waals surface area contributed by atoms with Gasteiger partial charge in [0.25, 0.3) is 0 Å². The van der Waals surface area contributed by atoms with Crippen molar-refractivity contribution in [1.29, 1.82) is 0 Å². The fourth-order valence-electron chi connectivity index (χ4n) is 3.61. The van der Waals surface area contributed by atoms with Gasteiger partial charge in [-0.2, -0.15) is 9.78 Å². The summed E-state index contributed by atoms with van der Waals surface area (Å²) in [5.74, 6) is -0.0706. The van der Waals surface area contributed by atoms with E-state index in [1.807, 2.05) is 68.4 Å². The summed E-state index contributed by atoms with van der Waals surface area (Å²) in [7, 11) is 0. The highest BCUT2D eigenvalue weighted by Crippen LogP contribution is 2.26. The van der Waals surface area contributed by atoms with Crippen molar-refractivity contribution < 1.29 is 14.3 Å². The molecule has 0 bridgehead atoms. The number of ether oxygens (including phenoxy) is 1. The Morgan fingerprint density at radius 3 is 2.56 bits per heavy atom. The van der Waals surface area contributed by atoms with Crippen LogP contribution in [0.3, 0.4) is 0 Å². The van der Waals surface area contributed by atoms with E-state index < -0.39 is 5.97 Å². The Bertz CT molecular complexity index is 1300. The molecule has 1 amide bonds. The van der Waals surface area contributed by atoms with Crippen LogP contribution in [-0.2, 0) is 16.0 Å². The highest BCUT2D eigenvalue weighted by molar-refractivity contribution is 6.01. The van der Waals surface area contributed by atoms with E-state index in [9.17, 15) is 9.59 Å². The minimum absolute atomic E-state index is 0.164. The zero-order valence-electron chi connectivity index (χ0n) is 18.3. The van der Waals surface area contributed by atoms with Gasteiger partial charge in [-0.25, -0.2) is 9.78 Å². The average molecular weight is 428 g/mol. The van der Waals surface area contributed by atoms with E-state index in [2.05, 4.69) is 10.4 Å². The Labute approximate surface area is 186 Å². The van der Waals surface area contributed by atoms with Gasteiger partial charge in [-0.1, -0.05) is 48.5 Å². The average Bonchev–Trinajstić information content (AvgIpc) is 3.18. The lowest BCUT2D eigenvalue weighted by molar-refractivity contribution is -0.115. The molecule has 2 aromatic carbocycles. The lowest BCUT2D eigenvalue weighted by atomic mass is 10.1. The van der Waals surface area contributed by atoms with Gasteiger partial charge in [0.15, 0.2) is 11.6 Å². The van der Waals surface area contributed by atoms with Crippen LogP contribution in [0.2, 0.25) is 0 Å². The van der Waals surface area contributed by atoms with Gasteiger partial charge in [-0.05, 0) is 43.5 Å². The number of aromatic nitrogens is 3. The quantitative estimate of drug-likeness (QED) is 0.460. The molecule has 0 aliphatic carbocycles. The Kier molecular flexibility index (Phi) is 5.98. The first kappa shape index (κ1) is 21.2. The number of esters is 1. The standard InChI is InChI=1S/C25H24N4O3/c1-4-32-25(31)20-15-26-29(24(20)28-22(30)14-18-10-6-5-7-11-18)21-13-17(3)19-12-8-9-16(2)23(19)27-21/h5-13,15H,4,14H2,1-3H3,(H,28,30). The summed E-state index contributed by atoms with van der Waals surface area (Å²) in [6, 6.07) is 17.3. The molecule has 0 fully saturated rings. The molecule has 0 radical (unpaired) electrons. The second kappa shape index (κ2) is 9.01. The van der Waals surface area contributed by atoms with Gasteiger partial charge >= 0.3 is 5.97 Å². The van der Waals surface area contributed by atoms with E-state index in [-0.39, 0.29) is 30.3 Å². The van der Waals surface area contributed by atoms with Crippen LogP contribution < -0.4 is 5.32 Å². The summed E-state index contributed by atoms with van der Waals surface area (Å²) >= 11 is 0. The van der Waals surface area contributed by atoms with Crippen LogP contribution in [0.25, 0.3) is 16.7 Å². The molecule has 0 aliphatic heterocycles. The number of benzene rings is 2. The van der Waals surface area contributed by atoms with Crippen LogP contribution in [-0.4, -0.2) is 33.2 Å². The maximum Gasteiger partial charge on any atom is 0.343 e. The fraction of sp³-hybridized carbons (Fsp3) is 0.200. The van der Waals surface area contributed by atoms with Crippen LogP contribution in [0.5, 0.6) is 0 Å². The molecular formula is C25H24N4O3. The molecule has 0 spiro atoms. The number of hydrogen-bond acceptors (Lipinski definition) is 5. The van der Waals surface area contributed by atoms with Crippen molar-refractivity contribution >= 4 is 28.6 Å². The highest BCUT2D eigenvalue weighted by atomic mass is 16.5. The van der Waals surface area contributed by atoms with Crippen molar-refractivity contribution in [2.45, 2.75) is 27.2 Å². The molecule has 0 saturated heterocycles. The molecule has 0 atom stereocenters. The number of nitrogens with zero attached hydrogens (tertiary/aromatic N) is 3.